The summed E-state index contributed by atoms with van der Waals surface area (Å²) in [4.78, 5) is 9.91. The lowest BCUT2D eigenvalue weighted by molar-refractivity contribution is -0.136. The molecule has 0 saturated carbocycles. The molecule has 0 amide bonds. The molecule has 1 atom stereocenters. The number of carbonyl (C=O) groups is 1. The number of hydrogen-bond donors (Lipinski definition) is 1. The van der Waals surface area contributed by atoms with E-state index in [1.165, 1.54) is 0 Å². The molecular formula is C4H5F3O4S. The number of hydrogen-bond acceptors (Lipinski definition) is 3. The molecule has 0 heterocycles. The minimum Gasteiger partial charge on any atom is -0.480 e. The second kappa shape index (κ2) is 2.92. The first-order chi connectivity index (χ1) is 5.10. The molecule has 0 fully saturated rings. The Bertz CT molecular complexity index is 277. The summed E-state index contributed by atoms with van der Waals surface area (Å²) in [5.41, 5.74) is -5.51. The van der Waals surface area contributed by atoms with Gasteiger partial charge in [0.25, 0.3) is 9.84 Å². The molecule has 8 heteroatoms. The van der Waals surface area contributed by atoms with Crippen LogP contribution < -0.4 is 0 Å². The summed E-state index contributed by atoms with van der Waals surface area (Å²) in [5, 5.41) is 5.54. The van der Waals surface area contributed by atoms with Crippen LogP contribution in [0.2, 0.25) is 0 Å². The molecule has 72 valence electrons. The number of aliphatic carboxylic acids is 1. The molecule has 1 unspecified atom stereocenters. The summed E-state index contributed by atoms with van der Waals surface area (Å²) < 4.78 is 55.4. The molecule has 0 aliphatic heterocycles. The van der Waals surface area contributed by atoms with Crippen LogP contribution >= 0.6 is 0 Å². The SMILES string of the molecule is CC(C(=O)O)S(=O)(=O)C(F)(F)F. The number of sulfone groups is 1. The first-order valence-electron chi connectivity index (χ1n) is 2.63. The van der Waals surface area contributed by atoms with Gasteiger partial charge in [-0.05, 0) is 6.92 Å². The summed E-state index contributed by atoms with van der Waals surface area (Å²) in [6.45, 7) is 0.463. The van der Waals surface area contributed by atoms with Crippen molar-refractivity contribution < 1.29 is 31.5 Å². The van der Waals surface area contributed by atoms with Gasteiger partial charge >= 0.3 is 11.5 Å². The van der Waals surface area contributed by atoms with Gasteiger partial charge in [-0.25, -0.2) is 8.42 Å². The van der Waals surface area contributed by atoms with E-state index in [0.717, 1.165) is 0 Å². The van der Waals surface area contributed by atoms with Crippen molar-refractivity contribution >= 4 is 15.8 Å². The van der Waals surface area contributed by atoms with Crippen molar-refractivity contribution in [3.8, 4) is 0 Å². The van der Waals surface area contributed by atoms with Crippen molar-refractivity contribution in [2.24, 2.45) is 0 Å². The Hall–Kier alpha value is -0.790. The predicted molar refractivity (Wildman–Crippen MR) is 32.1 cm³/mol. The Labute approximate surface area is 65.9 Å². The lowest BCUT2D eigenvalue weighted by Gasteiger charge is -2.10. The van der Waals surface area contributed by atoms with E-state index in [2.05, 4.69) is 0 Å². The summed E-state index contributed by atoms with van der Waals surface area (Å²) in [7, 11) is -5.58. The van der Waals surface area contributed by atoms with Gasteiger partial charge in [0, 0.05) is 0 Å². The average Bonchev–Trinajstić information content (AvgIpc) is 1.83. The lowest BCUT2D eigenvalue weighted by atomic mass is 10.5. The van der Waals surface area contributed by atoms with Crippen LogP contribution in [0, 0.1) is 0 Å². The highest BCUT2D eigenvalue weighted by atomic mass is 32.2. The third-order valence-electron chi connectivity index (χ3n) is 1.14. The van der Waals surface area contributed by atoms with Crippen LogP contribution in [0.3, 0.4) is 0 Å². The van der Waals surface area contributed by atoms with E-state index in [4.69, 9.17) is 5.11 Å². The summed E-state index contributed by atoms with van der Waals surface area (Å²) >= 11 is 0. The number of carboxylic acid groups (broad SMARTS) is 1. The predicted octanol–water partition coefficient (Wildman–Crippen LogP) is 0.394. The largest absolute Gasteiger partial charge is 0.498 e. The van der Waals surface area contributed by atoms with E-state index >= 15 is 0 Å². The number of rotatable bonds is 2. The summed E-state index contributed by atoms with van der Waals surface area (Å²) in [6.07, 6.45) is 0. The van der Waals surface area contributed by atoms with Gasteiger partial charge < -0.3 is 5.11 Å². The maximum absolute atomic E-state index is 11.6. The van der Waals surface area contributed by atoms with Crippen LogP contribution in [-0.2, 0) is 14.6 Å². The van der Waals surface area contributed by atoms with Crippen molar-refractivity contribution in [3.05, 3.63) is 0 Å². The standard InChI is InChI=1S/C4H5F3O4S/c1-2(3(8)9)12(10,11)4(5,6)7/h2H,1H3,(H,8,9). The molecule has 0 aromatic carbocycles. The van der Waals surface area contributed by atoms with E-state index in [-0.39, 0.29) is 0 Å². The minimum absolute atomic E-state index is 0.463. The second-order valence-corrected chi connectivity index (χ2v) is 4.23. The van der Waals surface area contributed by atoms with Crippen LogP contribution in [0.5, 0.6) is 0 Å². The summed E-state index contributed by atoms with van der Waals surface area (Å²) in [5.74, 6) is -2.02. The van der Waals surface area contributed by atoms with Gasteiger partial charge in [0.15, 0.2) is 5.25 Å². The highest BCUT2D eigenvalue weighted by Crippen LogP contribution is 2.27. The molecule has 0 aromatic heterocycles. The van der Waals surface area contributed by atoms with Crippen LogP contribution in [-0.4, -0.2) is 30.3 Å². The van der Waals surface area contributed by atoms with Crippen LogP contribution in [0.25, 0.3) is 0 Å². The zero-order valence-electron chi connectivity index (χ0n) is 5.79. The van der Waals surface area contributed by atoms with Crippen molar-refractivity contribution in [1.82, 2.24) is 0 Å². The Balaban J connectivity index is 5.03. The van der Waals surface area contributed by atoms with Gasteiger partial charge in [0.2, 0.25) is 0 Å². The monoisotopic (exact) mass is 206 g/mol. The topological polar surface area (TPSA) is 71.4 Å². The van der Waals surface area contributed by atoms with E-state index < -0.39 is 26.6 Å². The van der Waals surface area contributed by atoms with Crippen molar-refractivity contribution in [2.45, 2.75) is 17.7 Å². The van der Waals surface area contributed by atoms with E-state index in [9.17, 15) is 26.4 Å². The highest BCUT2D eigenvalue weighted by Gasteiger charge is 2.51. The molecule has 0 aromatic rings. The molecule has 1 N–H and O–H groups in total. The maximum Gasteiger partial charge on any atom is 0.498 e. The van der Waals surface area contributed by atoms with E-state index in [0.29, 0.717) is 6.92 Å². The fraction of sp³-hybridized carbons (Fsp3) is 0.750. The molecule has 4 nitrogen and oxygen atoms in total. The Morgan fingerprint density at radius 3 is 1.83 bits per heavy atom. The first-order valence-corrected chi connectivity index (χ1v) is 4.18. The second-order valence-electron chi connectivity index (χ2n) is 1.97. The van der Waals surface area contributed by atoms with Crippen molar-refractivity contribution in [2.75, 3.05) is 0 Å². The van der Waals surface area contributed by atoms with Crippen molar-refractivity contribution in [1.29, 1.82) is 0 Å². The number of halogens is 3. The van der Waals surface area contributed by atoms with Gasteiger partial charge in [-0.3, -0.25) is 4.79 Å². The van der Waals surface area contributed by atoms with E-state index in [1.54, 1.807) is 0 Å². The zero-order chi connectivity index (χ0) is 10.2. The van der Waals surface area contributed by atoms with Gasteiger partial charge in [-0.15, -0.1) is 0 Å². The Kier molecular flexibility index (Phi) is 2.73. The number of carboxylic acids is 1. The molecule has 12 heavy (non-hydrogen) atoms. The molecule has 0 aliphatic carbocycles. The Morgan fingerprint density at radius 1 is 1.42 bits per heavy atom. The van der Waals surface area contributed by atoms with Crippen LogP contribution in [0.4, 0.5) is 13.2 Å². The molecular weight excluding hydrogens is 201 g/mol. The normalized spacial score (nSPS) is 15.7. The lowest BCUT2D eigenvalue weighted by Crippen LogP contribution is -2.37. The van der Waals surface area contributed by atoms with Crippen LogP contribution in [0.15, 0.2) is 0 Å². The number of alkyl halides is 3. The molecule has 0 radical (unpaired) electrons. The third-order valence-corrected chi connectivity index (χ3v) is 2.91. The minimum atomic E-state index is -5.58. The highest BCUT2D eigenvalue weighted by molar-refractivity contribution is 7.93. The Morgan fingerprint density at radius 2 is 1.75 bits per heavy atom. The smallest absolute Gasteiger partial charge is 0.480 e. The first kappa shape index (κ1) is 11.2. The molecule has 0 saturated heterocycles. The van der Waals surface area contributed by atoms with Gasteiger partial charge in [0.05, 0.1) is 0 Å². The maximum atomic E-state index is 11.6. The quantitative estimate of drug-likeness (QED) is 0.709. The van der Waals surface area contributed by atoms with Gasteiger partial charge in [0.1, 0.15) is 0 Å². The van der Waals surface area contributed by atoms with Crippen molar-refractivity contribution in [3.63, 3.8) is 0 Å². The van der Waals surface area contributed by atoms with Gasteiger partial charge in [-0.1, -0.05) is 0 Å². The average molecular weight is 206 g/mol. The molecule has 0 bridgehead atoms. The fourth-order valence-corrected chi connectivity index (χ4v) is 1.000. The zero-order valence-corrected chi connectivity index (χ0v) is 6.61. The summed E-state index contributed by atoms with van der Waals surface area (Å²) in [6, 6.07) is 0. The third kappa shape index (κ3) is 1.87. The molecule has 0 rings (SSSR count). The van der Waals surface area contributed by atoms with E-state index in [1.807, 2.05) is 0 Å². The molecule has 0 spiro atoms. The van der Waals surface area contributed by atoms with Gasteiger partial charge in [-0.2, -0.15) is 13.2 Å². The fourth-order valence-electron chi connectivity index (χ4n) is 0.333. The molecule has 0 aliphatic rings. The van der Waals surface area contributed by atoms with Crippen LogP contribution in [0.1, 0.15) is 6.92 Å².